The van der Waals surface area contributed by atoms with Crippen molar-refractivity contribution in [1.29, 1.82) is 0 Å². The van der Waals surface area contributed by atoms with Crippen LogP contribution < -0.4 is 0 Å². The zero-order valence-corrected chi connectivity index (χ0v) is 13.8. The molecule has 126 valence electrons. The Morgan fingerprint density at radius 2 is 2.12 bits per heavy atom. The first-order chi connectivity index (χ1) is 11.8. The van der Waals surface area contributed by atoms with Crippen molar-refractivity contribution in [3.63, 3.8) is 0 Å². The lowest BCUT2D eigenvalue weighted by Gasteiger charge is -2.35. The molecule has 0 radical (unpaired) electrons. The van der Waals surface area contributed by atoms with E-state index in [9.17, 15) is 4.79 Å². The zero-order chi connectivity index (χ0) is 16.4. The van der Waals surface area contributed by atoms with Gasteiger partial charge in [0, 0.05) is 50.8 Å². The summed E-state index contributed by atoms with van der Waals surface area (Å²) in [5, 5.41) is 0. The molecule has 24 heavy (non-hydrogen) atoms. The number of imidazole rings is 1. The van der Waals surface area contributed by atoms with Gasteiger partial charge in [0.2, 0.25) is 5.91 Å². The fraction of sp³-hybridized carbons (Fsp3) is 0.500. The minimum atomic E-state index is 0.199. The third kappa shape index (κ3) is 3.33. The average Bonchev–Trinajstić information content (AvgIpc) is 2.93. The Balaban J connectivity index is 1.43. The van der Waals surface area contributed by atoms with E-state index < -0.39 is 0 Å². The van der Waals surface area contributed by atoms with E-state index in [4.69, 9.17) is 0 Å². The van der Waals surface area contributed by atoms with Crippen LogP contribution in [0.3, 0.4) is 0 Å². The van der Waals surface area contributed by atoms with Gasteiger partial charge in [0.05, 0.1) is 12.0 Å². The Bertz CT molecular complexity index is 672. The summed E-state index contributed by atoms with van der Waals surface area (Å²) in [6.45, 7) is 4.04. The predicted molar refractivity (Wildman–Crippen MR) is 90.0 cm³/mol. The smallest absolute Gasteiger partial charge is 0.242 e. The molecule has 3 aliphatic heterocycles. The van der Waals surface area contributed by atoms with Crippen molar-refractivity contribution in [3.05, 3.63) is 48.8 Å². The Morgan fingerprint density at radius 3 is 2.92 bits per heavy atom. The SMILES string of the molecule is O=C(Cn1ccnc1)N1C[C@@H]2CC[C@H](C1)N(Cc1ccccn1)C2. The van der Waals surface area contributed by atoms with Crippen LogP contribution in [0.2, 0.25) is 0 Å². The first-order valence-electron chi connectivity index (χ1n) is 8.65. The minimum absolute atomic E-state index is 0.199. The van der Waals surface area contributed by atoms with Crippen molar-refractivity contribution in [3.8, 4) is 0 Å². The second kappa shape index (κ2) is 6.73. The lowest BCUT2D eigenvalue weighted by molar-refractivity contribution is -0.132. The largest absolute Gasteiger partial charge is 0.339 e. The topological polar surface area (TPSA) is 54.3 Å². The number of nitrogens with zero attached hydrogens (tertiary/aromatic N) is 5. The number of piperidine rings is 1. The monoisotopic (exact) mass is 325 g/mol. The van der Waals surface area contributed by atoms with E-state index in [2.05, 4.69) is 25.8 Å². The molecule has 2 aromatic rings. The van der Waals surface area contributed by atoms with Crippen molar-refractivity contribution in [2.45, 2.75) is 32.0 Å². The highest BCUT2D eigenvalue weighted by atomic mass is 16.2. The Kier molecular flexibility index (Phi) is 4.30. The molecule has 0 saturated carbocycles. The van der Waals surface area contributed by atoms with Crippen LogP contribution in [0.5, 0.6) is 0 Å². The van der Waals surface area contributed by atoms with E-state index in [0.29, 0.717) is 18.5 Å². The number of carbonyl (C=O) groups excluding carboxylic acids is 1. The molecule has 6 heteroatoms. The van der Waals surface area contributed by atoms with Gasteiger partial charge in [-0.3, -0.25) is 14.7 Å². The van der Waals surface area contributed by atoms with Crippen LogP contribution in [0, 0.1) is 5.92 Å². The highest BCUT2D eigenvalue weighted by Gasteiger charge is 2.36. The van der Waals surface area contributed by atoms with Crippen LogP contribution in [0.15, 0.2) is 43.1 Å². The normalized spacial score (nSPS) is 24.1. The van der Waals surface area contributed by atoms with Crippen molar-refractivity contribution < 1.29 is 4.79 Å². The summed E-state index contributed by atoms with van der Waals surface area (Å²) < 4.78 is 1.85. The summed E-state index contributed by atoms with van der Waals surface area (Å²) in [5.74, 6) is 0.767. The van der Waals surface area contributed by atoms with Gasteiger partial charge in [-0.25, -0.2) is 4.98 Å². The molecule has 3 aliphatic rings. The number of carbonyl (C=O) groups is 1. The minimum Gasteiger partial charge on any atom is -0.339 e. The lowest BCUT2D eigenvalue weighted by Crippen LogP contribution is -2.44. The summed E-state index contributed by atoms with van der Waals surface area (Å²) in [7, 11) is 0. The molecule has 2 aromatic heterocycles. The van der Waals surface area contributed by atoms with Gasteiger partial charge in [0.25, 0.3) is 0 Å². The second-order valence-corrected chi connectivity index (χ2v) is 6.88. The Hall–Kier alpha value is -2.21. The predicted octanol–water partition coefficient (Wildman–Crippen LogP) is 1.40. The fourth-order valence-corrected chi connectivity index (χ4v) is 3.91. The summed E-state index contributed by atoms with van der Waals surface area (Å²) in [6, 6.07) is 6.52. The van der Waals surface area contributed by atoms with Crippen LogP contribution in [-0.4, -0.2) is 55.9 Å². The third-order valence-corrected chi connectivity index (χ3v) is 5.15. The highest BCUT2D eigenvalue weighted by Crippen LogP contribution is 2.29. The van der Waals surface area contributed by atoms with Gasteiger partial charge in [-0.05, 0) is 30.9 Å². The number of rotatable bonds is 4. The molecule has 2 bridgehead atoms. The number of fused-ring (bicyclic) bond motifs is 4. The maximum absolute atomic E-state index is 12.6. The molecule has 2 atom stereocenters. The second-order valence-electron chi connectivity index (χ2n) is 6.88. The standard InChI is InChI=1S/C18H23N5O/c24-18(13-21-8-7-19-14-21)23-10-15-4-5-17(12-23)22(9-15)11-16-3-1-2-6-20-16/h1-3,6-8,14-15,17H,4-5,9-13H2/t15-,17-/m1/s1. The van der Waals surface area contributed by atoms with Gasteiger partial charge in [-0.15, -0.1) is 0 Å². The van der Waals surface area contributed by atoms with E-state index in [1.807, 2.05) is 29.1 Å². The van der Waals surface area contributed by atoms with Crippen LogP contribution in [0.25, 0.3) is 0 Å². The fourth-order valence-electron chi connectivity index (χ4n) is 3.91. The van der Waals surface area contributed by atoms with Crippen LogP contribution in [0.1, 0.15) is 18.5 Å². The Morgan fingerprint density at radius 1 is 1.17 bits per heavy atom. The molecule has 0 spiro atoms. The van der Waals surface area contributed by atoms with Gasteiger partial charge in [-0.2, -0.15) is 0 Å². The Labute approximate surface area is 142 Å². The molecule has 0 aliphatic carbocycles. The molecule has 5 rings (SSSR count). The van der Waals surface area contributed by atoms with E-state index in [-0.39, 0.29) is 5.91 Å². The van der Waals surface area contributed by atoms with Crippen molar-refractivity contribution in [2.75, 3.05) is 19.6 Å². The van der Waals surface area contributed by atoms with Gasteiger partial charge in [0.15, 0.2) is 0 Å². The number of amides is 1. The van der Waals surface area contributed by atoms with E-state index in [0.717, 1.165) is 31.9 Å². The summed E-state index contributed by atoms with van der Waals surface area (Å²) in [5.41, 5.74) is 1.11. The maximum atomic E-state index is 12.6. The van der Waals surface area contributed by atoms with Crippen LogP contribution in [0.4, 0.5) is 0 Å². The summed E-state index contributed by atoms with van der Waals surface area (Å²) in [4.78, 5) is 25.7. The molecule has 6 nitrogen and oxygen atoms in total. The molecule has 1 amide bonds. The molecule has 0 unspecified atom stereocenters. The molecule has 0 N–H and O–H groups in total. The number of aromatic nitrogens is 3. The molecular formula is C18H23N5O. The first kappa shape index (κ1) is 15.3. The van der Waals surface area contributed by atoms with Gasteiger partial charge in [0.1, 0.15) is 6.54 Å². The average molecular weight is 325 g/mol. The van der Waals surface area contributed by atoms with Gasteiger partial charge >= 0.3 is 0 Å². The molecule has 5 heterocycles. The maximum Gasteiger partial charge on any atom is 0.242 e. The number of hydrogen-bond acceptors (Lipinski definition) is 4. The summed E-state index contributed by atoms with van der Waals surface area (Å²) >= 11 is 0. The van der Waals surface area contributed by atoms with Crippen LogP contribution >= 0.6 is 0 Å². The number of hydrogen-bond donors (Lipinski definition) is 0. The molecular weight excluding hydrogens is 302 g/mol. The quantitative estimate of drug-likeness (QED) is 0.853. The van der Waals surface area contributed by atoms with Crippen LogP contribution in [-0.2, 0) is 17.9 Å². The van der Waals surface area contributed by atoms with Crippen molar-refractivity contribution >= 4 is 5.91 Å². The summed E-state index contributed by atoms with van der Waals surface area (Å²) in [6.07, 6.45) is 9.51. The molecule has 3 saturated heterocycles. The number of pyridine rings is 1. The van der Waals surface area contributed by atoms with Gasteiger partial charge in [-0.1, -0.05) is 6.07 Å². The first-order valence-corrected chi connectivity index (χ1v) is 8.65. The molecule has 0 aromatic carbocycles. The molecule has 3 fully saturated rings. The zero-order valence-electron chi connectivity index (χ0n) is 13.8. The third-order valence-electron chi connectivity index (χ3n) is 5.15. The van der Waals surface area contributed by atoms with E-state index in [1.54, 1.807) is 12.5 Å². The van der Waals surface area contributed by atoms with E-state index >= 15 is 0 Å². The van der Waals surface area contributed by atoms with Crippen molar-refractivity contribution in [2.24, 2.45) is 5.92 Å². The lowest BCUT2D eigenvalue weighted by atomic mass is 9.95. The van der Waals surface area contributed by atoms with Crippen molar-refractivity contribution in [1.82, 2.24) is 24.3 Å². The van der Waals surface area contributed by atoms with Gasteiger partial charge < -0.3 is 9.47 Å². The van der Waals surface area contributed by atoms with E-state index in [1.165, 1.54) is 12.8 Å². The highest BCUT2D eigenvalue weighted by molar-refractivity contribution is 5.76.